The summed E-state index contributed by atoms with van der Waals surface area (Å²) < 4.78 is 32.1. The summed E-state index contributed by atoms with van der Waals surface area (Å²) in [5.74, 6) is 2.20. The molecule has 0 heterocycles. The molecule has 1 aliphatic rings. The van der Waals surface area contributed by atoms with Gasteiger partial charge < -0.3 is 15.4 Å². The largest absolute Gasteiger partial charge is 0.490 e. The van der Waals surface area contributed by atoms with E-state index < -0.39 is 10.8 Å². The second kappa shape index (κ2) is 13.0. The smallest absolute Gasteiger partial charge is 0.191 e. The van der Waals surface area contributed by atoms with Gasteiger partial charge in [0.05, 0.1) is 12.6 Å². The van der Waals surface area contributed by atoms with E-state index in [-0.39, 0.29) is 35.8 Å². The first kappa shape index (κ1) is 25.6. The van der Waals surface area contributed by atoms with E-state index in [1.54, 1.807) is 13.1 Å². The third kappa shape index (κ3) is 8.76. The van der Waals surface area contributed by atoms with Gasteiger partial charge in [-0.1, -0.05) is 36.4 Å². The number of benzene rings is 2. The second-order valence-electron chi connectivity index (χ2n) is 7.58. The average molecular weight is 559 g/mol. The van der Waals surface area contributed by atoms with Crippen LogP contribution in [0.3, 0.4) is 0 Å². The zero-order chi connectivity index (χ0) is 21.3. The highest BCUT2D eigenvalue weighted by Gasteiger charge is 2.22. The lowest BCUT2D eigenvalue weighted by Crippen LogP contribution is -2.40. The number of guanidine groups is 1. The molecule has 3 rings (SSSR count). The monoisotopic (exact) mass is 559 g/mol. The van der Waals surface area contributed by atoms with Gasteiger partial charge in [0.25, 0.3) is 0 Å². The number of halogens is 2. The van der Waals surface area contributed by atoms with E-state index >= 15 is 0 Å². The first-order valence-electron chi connectivity index (χ1n) is 10.3. The molecule has 0 aliphatic heterocycles. The fourth-order valence-electron chi connectivity index (χ4n) is 2.99. The molecule has 8 heteroatoms. The van der Waals surface area contributed by atoms with E-state index in [2.05, 4.69) is 15.6 Å². The van der Waals surface area contributed by atoms with E-state index in [1.807, 2.05) is 43.3 Å². The second-order valence-corrected chi connectivity index (χ2v) is 9.16. The average Bonchev–Trinajstić information content (AvgIpc) is 3.57. The molecule has 0 amide bonds. The Morgan fingerprint density at radius 3 is 2.65 bits per heavy atom. The Labute approximate surface area is 203 Å². The lowest BCUT2D eigenvalue weighted by atomic mass is 10.1. The highest BCUT2D eigenvalue weighted by atomic mass is 127. The molecule has 0 spiro atoms. The van der Waals surface area contributed by atoms with Gasteiger partial charge in [-0.15, -0.1) is 24.0 Å². The van der Waals surface area contributed by atoms with Crippen LogP contribution in [0.2, 0.25) is 0 Å². The van der Waals surface area contributed by atoms with Crippen molar-refractivity contribution >= 4 is 40.7 Å². The Kier molecular flexibility index (Phi) is 10.7. The van der Waals surface area contributed by atoms with Gasteiger partial charge in [0.15, 0.2) is 17.5 Å². The van der Waals surface area contributed by atoms with Gasteiger partial charge in [0, 0.05) is 35.9 Å². The molecule has 31 heavy (non-hydrogen) atoms. The summed E-state index contributed by atoms with van der Waals surface area (Å²) in [6.07, 6.45) is 2.35. The van der Waals surface area contributed by atoms with Crippen molar-refractivity contribution < 1.29 is 13.3 Å². The number of ether oxygens (including phenoxy) is 1. The van der Waals surface area contributed by atoms with E-state index in [1.165, 1.54) is 18.9 Å². The number of hydrogen-bond donors (Lipinski definition) is 2. The van der Waals surface area contributed by atoms with Crippen LogP contribution in [0.1, 0.15) is 36.9 Å². The Balaban J connectivity index is 0.00000341. The van der Waals surface area contributed by atoms with Crippen molar-refractivity contribution in [1.29, 1.82) is 0 Å². The highest BCUT2D eigenvalue weighted by molar-refractivity contribution is 14.0. The van der Waals surface area contributed by atoms with Gasteiger partial charge in [0.1, 0.15) is 0 Å². The lowest BCUT2D eigenvalue weighted by molar-refractivity contribution is 0.285. The molecule has 2 N–H and O–H groups in total. The number of hydrogen-bond acceptors (Lipinski definition) is 3. The van der Waals surface area contributed by atoms with Crippen LogP contribution in [0.15, 0.2) is 53.5 Å². The predicted molar refractivity (Wildman–Crippen MR) is 136 cm³/mol. The van der Waals surface area contributed by atoms with Crippen LogP contribution < -0.4 is 15.4 Å². The van der Waals surface area contributed by atoms with Crippen LogP contribution in [0.5, 0.6) is 5.75 Å². The molecule has 0 radical (unpaired) electrons. The summed E-state index contributed by atoms with van der Waals surface area (Å²) in [7, 11) is 0.725. The molecule has 2 aromatic rings. The fourth-order valence-corrected chi connectivity index (χ4v) is 4.03. The third-order valence-electron chi connectivity index (χ3n) is 5.00. The zero-order valence-electron chi connectivity index (χ0n) is 18.0. The van der Waals surface area contributed by atoms with Crippen molar-refractivity contribution in [2.75, 3.05) is 26.0 Å². The standard InChI is InChI=1S/C23H30FN3O2S.HI/c1-17(20-10-11-22(21(24)14-20)29-15-18-8-9-18)27-23(25-2)26-12-13-30(28)16-19-6-4-3-5-7-19;/h3-7,10-11,14,17-18H,8-9,12-13,15-16H2,1-2H3,(H2,25,26,27);1H. The van der Waals surface area contributed by atoms with E-state index in [0.717, 1.165) is 11.1 Å². The minimum absolute atomic E-state index is 0. The van der Waals surface area contributed by atoms with Crippen molar-refractivity contribution in [2.45, 2.75) is 31.6 Å². The molecular formula is C23H31FIN3O2S. The summed E-state index contributed by atoms with van der Waals surface area (Å²) in [4.78, 5) is 4.21. The van der Waals surface area contributed by atoms with Crippen LogP contribution in [0, 0.1) is 11.7 Å². The number of nitrogens with one attached hydrogen (secondary N) is 2. The van der Waals surface area contributed by atoms with Crippen LogP contribution >= 0.6 is 24.0 Å². The molecule has 2 aromatic carbocycles. The van der Waals surface area contributed by atoms with Gasteiger partial charge >= 0.3 is 0 Å². The van der Waals surface area contributed by atoms with Crippen molar-refractivity contribution in [3.05, 3.63) is 65.5 Å². The molecule has 5 nitrogen and oxygen atoms in total. The summed E-state index contributed by atoms with van der Waals surface area (Å²) >= 11 is 0. The summed E-state index contributed by atoms with van der Waals surface area (Å²) in [5, 5.41) is 6.43. The Hall–Kier alpha value is -1.68. The lowest BCUT2D eigenvalue weighted by Gasteiger charge is -2.19. The Bertz CT molecular complexity index is 878. The molecule has 1 aliphatic carbocycles. The zero-order valence-corrected chi connectivity index (χ0v) is 21.1. The topological polar surface area (TPSA) is 62.7 Å². The number of nitrogens with zero attached hydrogens (tertiary/aromatic N) is 1. The molecular weight excluding hydrogens is 528 g/mol. The fraction of sp³-hybridized carbons (Fsp3) is 0.435. The van der Waals surface area contributed by atoms with Crippen LogP contribution in [0.4, 0.5) is 4.39 Å². The van der Waals surface area contributed by atoms with Crippen molar-refractivity contribution in [1.82, 2.24) is 10.6 Å². The van der Waals surface area contributed by atoms with Crippen LogP contribution in [-0.4, -0.2) is 36.1 Å². The first-order valence-corrected chi connectivity index (χ1v) is 11.8. The normalized spacial score (nSPS) is 15.5. The first-order chi connectivity index (χ1) is 14.5. The summed E-state index contributed by atoms with van der Waals surface area (Å²) in [6.45, 7) is 3.07. The predicted octanol–water partition coefficient (Wildman–Crippen LogP) is 4.41. The summed E-state index contributed by atoms with van der Waals surface area (Å²) in [6, 6.07) is 14.7. The van der Waals surface area contributed by atoms with E-state index in [9.17, 15) is 8.60 Å². The maximum absolute atomic E-state index is 14.3. The van der Waals surface area contributed by atoms with Gasteiger partial charge in [-0.2, -0.15) is 0 Å². The molecule has 1 saturated carbocycles. The minimum atomic E-state index is -0.954. The molecule has 0 saturated heterocycles. The van der Waals surface area contributed by atoms with Gasteiger partial charge in [-0.3, -0.25) is 9.20 Å². The SMILES string of the molecule is CN=C(NCCS(=O)Cc1ccccc1)NC(C)c1ccc(OCC2CC2)c(F)c1.I. The maximum atomic E-state index is 14.3. The van der Waals surface area contributed by atoms with Crippen LogP contribution in [-0.2, 0) is 16.6 Å². The molecule has 2 atom stereocenters. The Morgan fingerprint density at radius 2 is 2.00 bits per heavy atom. The van der Waals surface area contributed by atoms with Crippen molar-refractivity contribution in [2.24, 2.45) is 10.9 Å². The molecule has 0 bridgehead atoms. The third-order valence-corrected chi connectivity index (χ3v) is 6.31. The number of rotatable bonds is 10. The molecule has 2 unspecified atom stereocenters. The van der Waals surface area contributed by atoms with Gasteiger partial charge in [0.2, 0.25) is 0 Å². The number of aliphatic imine (C=N–C) groups is 1. The molecule has 1 fully saturated rings. The molecule has 170 valence electrons. The minimum Gasteiger partial charge on any atom is -0.490 e. The van der Waals surface area contributed by atoms with Crippen molar-refractivity contribution in [3.63, 3.8) is 0 Å². The molecule has 0 aromatic heterocycles. The quantitative estimate of drug-likeness (QED) is 0.257. The van der Waals surface area contributed by atoms with E-state index in [4.69, 9.17) is 4.74 Å². The van der Waals surface area contributed by atoms with E-state index in [0.29, 0.717) is 42.3 Å². The van der Waals surface area contributed by atoms with Crippen LogP contribution in [0.25, 0.3) is 0 Å². The Morgan fingerprint density at radius 1 is 1.26 bits per heavy atom. The van der Waals surface area contributed by atoms with Gasteiger partial charge in [-0.05, 0) is 48.9 Å². The summed E-state index contributed by atoms with van der Waals surface area (Å²) in [5.41, 5.74) is 1.88. The van der Waals surface area contributed by atoms with Gasteiger partial charge in [-0.25, -0.2) is 4.39 Å². The highest BCUT2D eigenvalue weighted by Crippen LogP contribution is 2.30. The van der Waals surface area contributed by atoms with Crippen molar-refractivity contribution in [3.8, 4) is 5.75 Å². The maximum Gasteiger partial charge on any atom is 0.191 e.